The summed E-state index contributed by atoms with van der Waals surface area (Å²) in [5, 5.41) is 8.95. The molecule has 0 aromatic rings. The van der Waals surface area contributed by atoms with Crippen LogP contribution in [0.5, 0.6) is 0 Å². The van der Waals surface area contributed by atoms with Gasteiger partial charge in [-0.1, -0.05) is 12.8 Å². The van der Waals surface area contributed by atoms with Crippen molar-refractivity contribution in [1.29, 1.82) is 0 Å². The number of ether oxygens (including phenoxy) is 2. The smallest absolute Gasteiger partial charge is 0.325 e. The van der Waals surface area contributed by atoms with E-state index in [1.807, 2.05) is 0 Å². The average Bonchev–Trinajstić information content (AvgIpc) is 2.68. The summed E-state index contributed by atoms with van der Waals surface area (Å²) >= 11 is 0. The molecule has 1 fully saturated rings. The van der Waals surface area contributed by atoms with E-state index in [1.54, 1.807) is 13.8 Å². The molecule has 0 radical (unpaired) electrons. The van der Waals surface area contributed by atoms with Crippen LogP contribution in [0, 0.1) is 5.41 Å². The highest BCUT2D eigenvalue weighted by atomic mass is 16.7. The van der Waals surface area contributed by atoms with Gasteiger partial charge in [-0.3, -0.25) is 9.59 Å². The maximum Gasteiger partial charge on any atom is 0.325 e. The first kappa shape index (κ1) is 15.0. The van der Waals surface area contributed by atoms with Gasteiger partial charge in [-0.15, -0.1) is 0 Å². The van der Waals surface area contributed by atoms with Crippen LogP contribution in [-0.4, -0.2) is 28.9 Å². The van der Waals surface area contributed by atoms with Gasteiger partial charge in [0.15, 0.2) is 5.41 Å². The molecule has 0 spiro atoms. The predicted molar refractivity (Wildman–Crippen MR) is 64.9 cm³/mol. The molecule has 18 heavy (non-hydrogen) atoms. The van der Waals surface area contributed by atoms with E-state index in [0.29, 0.717) is 0 Å². The molecule has 5 heteroatoms. The molecule has 0 saturated heterocycles. The number of carbonyl (C=O) groups is 2. The number of hydrogen-bond acceptors (Lipinski definition) is 4. The predicted octanol–water partition coefficient (Wildman–Crippen LogP) is 2.34. The first-order valence-corrected chi connectivity index (χ1v) is 6.30. The zero-order chi connectivity index (χ0) is 14.0. The van der Waals surface area contributed by atoms with Crippen LogP contribution < -0.4 is 0 Å². The number of carboxylic acid groups (broad SMARTS) is 1. The molecule has 0 amide bonds. The van der Waals surface area contributed by atoms with Crippen molar-refractivity contribution in [3.05, 3.63) is 0 Å². The molecule has 5 nitrogen and oxygen atoms in total. The zero-order valence-corrected chi connectivity index (χ0v) is 11.5. The fourth-order valence-electron chi connectivity index (χ4n) is 1.87. The van der Waals surface area contributed by atoms with Gasteiger partial charge in [0.1, 0.15) is 0 Å². The monoisotopic (exact) mass is 258 g/mol. The van der Waals surface area contributed by atoms with Crippen molar-refractivity contribution in [3.63, 3.8) is 0 Å². The Morgan fingerprint density at radius 2 is 1.61 bits per heavy atom. The molecule has 104 valence electrons. The fourth-order valence-corrected chi connectivity index (χ4v) is 1.87. The zero-order valence-electron chi connectivity index (χ0n) is 11.5. The molecule has 1 saturated carbocycles. The van der Waals surface area contributed by atoms with E-state index in [-0.39, 0.29) is 6.10 Å². The number of carboxylic acids is 1. The molecule has 0 heterocycles. The highest BCUT2D eigenvalue weighted by molar-refractivity contribution is 5.98. The number of rotatable bonds is 5. The highest BCUT2D eigenvalue weighted by Gasteiger charge is 2.41. The summed E-state index contributed by atoms with van der Waals surface area (Å²) in [6, 6.07) is 0. The number of aliphatic carboxylic acids is 1. The normalized spacial score (nSPS) is 17.8. The standard InChI is InChI=1S/C13H22O5/c1-12(2,10(14)15)11(16)18-13(3,4)17-9-7-5-6-8-9/h9H,5-8H2,1-4H3,(H,14,15). The number of esters is 1. The first-order valence-electron chi connectivity index (χ1n) is 6.30. The fraction of sp³-hybridized carbons (Fsp3) is 0.846. The van der Waals surface area contributed by atoms with Gasteiger partial charge in [-0.05, 0) is 26.7 Å². The van der Waals surface area contributed by atoms with E-state index in [0.717, 1.165) is 25.7 Å². The van der Waals surface area contributed by atoms with E-state index in [2.05, 4.69) is 0 Å². The lowest BCUT2D eigenvalue weighted by Crippen LogP contribution is -2.42. The van der Waals surface area contributed by atoms with Crippen molar-refractivity contribution in [1.82, 2.24) is 0 Å². The van der Waals surface area contributed by atoms with Gasteiger partial charge in [0.2, 0.25) is 5.79 Å². The Morgan fingerprint density at radius 1 is 1.11 bits per heavy atom. The lowest BCUT2D eigenvalue weighted by molar-refractivity contribution is -0.238. The Labute approximate surface area is 107 Å². The molecule has 1 aliphatic rings. The second kappa shape index (κ2) is 5.26. The number of hydrogen-bond donors (Lipinski definition) is 1. The van der Waals surface area contributed by atoms with Crippen molar-refractivity contribution in [2.75, 3.05) is 0 Å². The second-order valence-corrected chi connectivity index (χ2v) is 5.74. The summed E-state index contributed by atoms with van der Waals surface area (Å²) in [5.41, 5.74) is -1.56. The largest absolute Gasteiger partial charge is 0.480 e. The number of carbonyl (C=O) groups excluding carboxylic acids is 1. The van der Waals surface area contributed by atoms with Crippen LogP contribution in [0.2, 0.25) is 0 Å². The minimum atomic E-state index is -1.56. The third kappa shape index (κ3) is 3.70. The van der Waals surface area contributed by atoms with Crippen LogP contribution in [0.4, 0.5) is 0 Å². The van der Waals surface area contributed by atoms with Crippen LogP contribution in [-0.2, 0) is 19.1 Å². The maximum absolute atomic E-state index is 11.8. The molecular weight excluding hydrogens is 236 g/mol. The van der Waals surface area contributed by atoms with E-state index in [1.165, 1.54) is 13.8 Å². The van der Waals surface area contributed by atoms with Crippen molar-refractivity contribution < 1.29 is 24.2 Å². The third-order valence-electron chi connectivity index (χ3n) is 3.14. The maximum atomic E-state index is 11.8. The van der Waals surface area contributed by atoms with E-state index in [4.69, 9.17) is 14.6 Å². The minimum absolute atomic E-state index is 0.0979. The Bertz CT molecular complexity index is 326. The van der Waals surface area contributed by atoms with Crippen molar-refractivity contribution in [2.24, 2.45) is 5.41 Å². The third-order valence-corrected chi connectivity index (χ3v) is 3.14. The van der Waals surface area contributed by atoms with Gasteiger partial charge in [-0.25, -0.2) is 0 Å². The van der Waals surface area contributed by atoms with Crippen LogP contribution in [0.1, 0.15) is 53.4 Å². The summed E-state index contributed by atoms with van der Waals surface area (Å²) in [6.45, 7) is 5.93. The van der Waals surface area contributed by atoms with Crippen LogP contribution in [0.15, 0.2) is 0 Å². The molecule has 0 aromatic carbocycles. The Hall–Kier alpha value is -1.10. The second-order valence-electron chi connectivity index (χ2n) is 5.74. The minimum Gasteiger partial charge on any atom is -0.480 e. The molecule has 1 rings (SSSR count). The van der Waals surface area contributed by atoms with E-state index in [9.17, 15) is 9.59 Å². The van der Waals surface area contributed by atoms with Crippen LogP contribution in [0.25, 0.3) is 0 Å². The molecule has 0 aromatic heterocycles. The molecule has 0 aliphatic heterocycles. The SMILES string of the molecule is CC(C)(OC(=O)C(C)(C)C(=O)O)OC1CCCC1. The lowest BCUT2D eigenvalue weighted by atomic mass is 9.94. The van der Waals surface area contributed by atoms with Crippen LogP contribution >= 0.6 is 0 Å². The topological polar surface area (TPSA) is 72.8 Å². The highest BCUT2D eigenvalue weighted by Crippen LogP contribution is 2.28. The molecule has 0 unspecified atom stereocenters. The van der Waals surface area contributed by atoms with E-state index >= 15 is 0 Å². The van der Waals surface area contributed by atoms with Crippen molar-refractivity contribution >= 4 is 11.9 Å². The van der Waals surface area contributed by atoms with Crippen molar-refractivity contribution in [3.8, 4) is 0 Å². The average molecular weight is 258 g/mol. The molecule has 1 aliphatic carbocycles. The summed E-state index contributed by atoms with van der Waals surface area (Å²) in [7, 11) is 0. The molecule has 0 bridgehead atoms. The summed E-state index contributed by atoms with van der Waals surface area (Å²) in [5.74, 6) is -3.07. The molecular formula is C13H22O5. The summed E-state index contributed by atoms with van der Waals surface area (Å²) in [6.07, 6.45) is 4.26. The molecule has 1 N–H and O–H groups in total. The van der Waals surface area contributed by atoms with Crippen molar-refractivity contribution in [2.45, 2.75) is 65.3 Å². The van der Waals surface area contributed by atoms with Gasteiger partial charge in [0.05, 0.1) is 6.10 Å². The Balaban J connectivity index is 2.58. The van der Waals surface area contributed by atoms with E-state index < -0.39 is 23.1 Å². The van der Waals surface area contributed by atoms with Gasteiger partial charge in [0, 0.05) is 13.8 Å². The summed E-state index contributed by atoms with van der Waals surface area (Å²) < 4.78 is 10.9. The van der Waals surface area contributed by atoms with Crippen LogP contribution in [0.3, 0.4) is 0 Å². The van der Waals surface area contributed by atoms with Gasteiger partial charge >= 0.3 is 11.9 Å². The lowest BCUT2D eigenvalue weighted by Gasteiger charge is -2.31. The first-order chi connectivity index (χ1) is 8.15. The Kier molecular flexibility index (Phi) is 4.37. The van der Waals surface area contributed by atoms with Gasteiger partial charge in [-0.2, -0.15) is 0 Å². The quantitative estimate of drug-likeness (QED) is 0.465. The van der Waals surface area contributed by atoms with Gasteiger partial charge in [0.25, 0.3) is 0 Å². The summed E-state index contributed by atoms with van der Waals surface area (Å²) in [4.78, 5) is 22.8. The Morgan fingerprint density at radius 3 is 2.06 bits per heavy atom. The molecule has 0 atom stereocenters. The van der Waals surface area contributed by atoms with Gasteiger partial charge < -0.3 is 14.6 Å².